The van der Waals surface area contributed by atoms with Gasteiger partial charge in [-0.2, -0.15) is 0 Å². The van der Waals surface area contributed by atoms with E-state index in [1.54, 1.807) is 19.9 Å². The standard InChI is InChI=1S/C26H46O8.C12H14O2.C7H16O3.CH4.K.H2O/c1-5-10-29-12-14-31-16-18-33-21-25(3,27)23-8-7-9-24(20-23)26(4,28)22-34-19-17-32-15-13-30-11-6-2;1-11(7-13-11)9-4-3-5-10(6-9)12(2)8-14-12;1-2-4-9-6-7-10-5-3-8;;;/h7-9,20,27-28H,5-6,10-19,21-22H2,1-4H3;3-6H,7-8H2,1-2H3;8H,2-7H2,1H3;1H4;;1H2/q;;;;+1;/p-1. The van der Waals surface area contributed by atoms with Crippen molar-refractivity contribution in [3.8, 4) is 0 Å². The van der Waals surface area contributed by atoms with E-state index in [2.05, 4.69) is 58.9 Å². The Bertz CT molecular complexity index is 1230. The molecule has 61 heavy (non-hydrogen) atoms. The summed E-state index contributed by atoms with van der Waals surface area (Å²) in [6.07, 6.45) is 3.03. The average Bonchev–Trinajstić information content (AvgIpc) is 4.16. The summed E-state index contributed by atoms with van der Waals surface area (Å²) in [5, 5.41) is 30.1. The Hall–Kier alpha value is -0.484. The summed E-state index contributed by atoms with van der Waals surface area (Å²) in [7, 11) is 0. The first-order valence-corrected chi connectivity index (χ1v) is 21.0. The molecule has 2 aromatic rings. The fourth-order valence-electron chi connectivity index (χ4n) is 5.32. The van der Waals surface area contributed by atoms with E-state index in [0.717, 1.165) is 52.3 Å². The SMILES string of the molecule is C.CC1(c2cccc(C3(C)CO3)c2)CO1.CCCOCCOCCO.CCCOCCOCCOCC(C)(O)c1cccc(C(C)(O)COCCOCCOCCC)c1.[K+].[OH-]. The second-order valence-corrected chi connectivity index (χ2v) is 15.3. The molecule has 2 heterocycles. The summed E-state index contributed by atoms with van der Waals surface area (Å²) in [6, 6.07) is 15.8. The normalized spacial score (nSPS) is 19.2. The maximum atomic E-state index is 10.9. The van der Waals surface area contributed by atoms with Crippen molar-refractivity contribution in [1.29, 1.82) is 0 Å². The maximum absolute atomic E-state index is 10.9. The van der Waals surface area contributed by atoms with Gasteiger partial charge in [-0.1, -0.05) is 64.6 Å². The molecule has 0 bridgehead atoms. The van der Waals surface area contributed by atoms with E-state index in [4.69, 9.17) is 52.5 Å². The monoisotopic (exact) mass is 897 g/mol. The predicted molar refractivity (Wildman–Crippen MR) is 232 cm³/mol. The number of aliphatic hydroxyl groups is 3. The molecule has 350 valence electrons. The molecule has 4 rings (SSSR count). The van der Waals surface area contributed by atoms with Gasteiger partial charge in [0.05, 0.1) is 106 Å². The zero-order chi connectivity index (χ0) is 42.6. The Morgan fingerprint density at radius 1 is 0.525 bits per heavy atom. The van der Waals surface area contributed by atoms with Gasteiger partial charge >= 0.3 is 51.4 Å². The molecule has 2 fully saturated rings. The molecular weight excluding hydrogens is 816 g/mol. The molecule has 2 aliphatic rings. The number of rotatable bonds is 31. The van der Waals surface area contributed by atoms with Crippen molar-refractivity contribution >= 4 is 0 Å². The third kappa shape index (κ3) is 27.6. The van der Waals surface area contributed by atoms with Crippen LogP contribution in [0.2, 0.25) is 0 Å². The first-order valence-electron chi connectivity index (χ1n) is 21.0. The van der Waals surface area contributed by atoms with Gasteiger partial charge in [0.2, 0.25) is 0 Å². The van der Waals surface area contributed by atoms with Gasteiger partial charge in [0.1, 0.15) is 22.4 Å². The first kappa shape index (κ1) is 62.6. The minimum Gasteiger partial charge on any atom is -0.870 e. The molecule has 14 nitrogen and oxygen atoms in total. The van der Waals surface area contributed by atoms with Gasteiger partial charge in [0.15, 0.2) is 0 Å². The minimum absolute atomic E-state index is 0. The Morgan fingerprint density at radius 3 is 1.13 bits per heavy atom. The Morgan fingerprint density at radius 2 is 0.820 bits per heavy atom. The van der Waals surface area contributed by atoms with Gasteiger partial charge in [-0.15, -0.1) is 0 Å². The molecule has 0 amide bonds. The van der Waals surface area contributed by atoms with E-state index in [1.165, 1.54) is 11.1 Å². The van der Waals surface area contributed by atoms with Crippen LogP contribution < -0.4 is 51.4 Å². The molecule has 0 saturated carbocycles. The number of benzene rings is 2. The summed E-state index contributed by atoms with van der Waals surface area (Å²) in [5.74, 6) is 0. The second-order valence-electron chi connectivity index (χ2n) is 15.3. The van der Waals surface area contributed by atoms with E-state index < -0.39 is 11.2 Å². The molecule has 4 N–H and O–H groups in total. The molecular formula is C46H81KO14. The summed E-state index contributed by atoms with van der Waals surface area (Å²) < 4.78 is 53.8. The maximum Gasteiger partial charge on any atom is 1.00 e. The predicted octanol–water partition coefficient (Wildman–Crippen LogP) is 3.08. The van der Waals surface area contributed by atoms with Crippen LogP contribution in [-0.4, -0.2) is 146 Å². The van der Waals surface area contributed by atoms with Gasteiger partial charge in [-0.3, -0.25) is 0 Å². The van der Waals surface area contributed by atoms with Gasteiger partial charge < -0.3 is 68.2 Å². The molecule has 2 aromatic carbocycles. The van der Waals surface area contributed by atoms with Crippen molar-refractivity contribution in [3.63, 3.8) is 0 Å². The average molecular weight is 897 g/mol. The molecule has 15 heteroatoms. The third-order valence-corrected chi connectivity index (χ3v) is 9.25. The van der Waals surface area contributed by atoms with E-state index in [9.17, 15) is 10.2 Å². The number of epoxide rings is 2. The van der Waals surface area contributed by atoms with Crippen molar-refractivity contribution in [3.05, 3.63) is 70.8 Å². The molecule has 0 aromatic heterocycles. The van der Waals surface area contributed by atoms with Crippen molar-refractivity contribution in [1.82, 2.24) is 0 Å². The van der Waals surface area contributed by atoms with E-state index in [1.807, 2.05) is 18.2 Å². The van der Waals surface area contributed by atoms with Crippen LogP contribution in [0.25, 0.3) is 0 Å². The molecule has 0 radical (unpaired) electrons. The van der Waals surface area contributed by atoms with Gasteiger partial charge in [0, 0.05) is 19.8 Å². The third-order valence-electron chi connectivity index (χ3n) is 9.25. The number of ether oxygens (including phenoxy) is 10. The van der Waals surface area contributed by atoms with Crippen LogP contribution in [0.1, 0.15) is 97.4 Å². The zero-order valence-electron chi connectivity index (χ0n) is 38.0. The first-order chi connectivity index (χ1) is 27.9. The van der Waals surface area contributed by atoms with Crippen molar-refractivity contribution in [2.45, 2.75) is 97.6 Å². The summed E-state index contributed by atoms with van der Waals surface area (Å²) in [4.78, 5) is 0. The molecule has 2 aliphatic heterocycles. The van der Waals surface area contributed by atoms with Crippen LogP contribution in [0.4, 0.5) is 0 Å². The zero-order valence-corrected chi connectivity index (χ0v) is 41.2. The molecule has 0 spiro atoms. The van der Waals surface area contributed by atoms with Gasteiger partial charge in [-0.25, -0.2) is 0 Å². The molecule has 4 atom stereocenters. The van der Waals surface area contributed by atoms with E-state index in [0.29, 0.717) is 83.8 Å². The fourth-order valence-corrected chi connectivity index (χ4v) is 5.32. The van der Waals surface area contributed by atoms with Crippen molar-refractivity contribution in [2.75, 3.05) is 126 Å². The van der Waals surface area contributed by atoms with Crippen molar-refractivity contribution in [2.24, 2.45) is 0 Å². The quantitative estimate of drug-likeness (QED) is 0.0569. The van der Waals surface area contributed by atoms with Crippen LogP contribution >= 0.6 is 0 Å². The van der Waals surface area contributed by atoms with Crippen LogP contribution in [0.3, 0.4) is 0 Å². The topological polar surface area (TPSA) is 190 Å². The number of hydrogen-bond acceptors (Lipinski definition) is 14. The van der Waals surface area contributed by atoms with E-state index in [-0.39, 0.29) is 95.3 Å². The Labute approximate surface area is 410 Å². The molecule has 0 aliphatic carbocycles. The van der Waals surface area contributed by atoms with Crippen molar-refractivity contribution < 1.29 is 120 Å². The minimum atomic E-state index is -1.20. The van der Waals surface area contributed by atoms with E-state index >= 15 is 0 Å². The fraction of sp³-hybridized carbons (Fsp3) is 0.739. The van der Waals surface area contributed by atoms with Crippen LogP contribution in [0.15, 0.2) is 48.5 Å². The van der Waals surface area contributed by atoms with Gasteiger partial charge in [-0.05, 0) is 81.3 Å². The second kappa shape index (κ2) is 35.7. The largest absolute Gasteiger partial charge is 1.00 e. The van der Waals surface area contributed by atoms with Gasteiger partial charge in [0.25, 0.3) is 0 Å². The van der Waals surface area contributed by atoms with Crippen LogP contribution in [-0.2, 0) is 69.8 Å². The summed E-state index contributed by atoms with van der Waals surface area (Å²) in [6.45, 7) is 23.6. The Balaban J connectivity index is 0. The smallest absolute Gasteiger partial charge is 0.870 e. The Kier molecular flexibility index (Phi) is 36.7. The summed E-state index contributed by atoms with van der Waals surface area (Å²) >= 11 is 0. The van der Waals surface area contributed by atoms with Crippen LogP contribution in [0.5, 0.6) is 0 Å². The summed E-state index contributed by atoms with van der Waals surface area (Å²) in [5.41, 5.74) is 1.40. The molecule has 2 saturated heterocycles. The van der Waals surface area contributed by atoms with Crippen LogP contribution in [0, 0.1) is 0 Å². The molecule has 4 unspecified atom stereocenters. The number of hydrogen-bond donors (Lipinski definition) is 3. The number of aliphatic hydroxyl groups excluding tert-OH is 1.